The molecule has 1 aliphatic rings. The van der Waals surface area contributed by atoms with Gasteiger partial charge in [0.25, 0.3) is 5.56 Å². The Morgan fingerprint density at radius 3 is 2.34 bits per heavy atom. The summed E-state index contributed by atoms with van der Waals surface area (Å²) < 4.78 is 58.7. The molecule has 0 saturated carbocycles. The predicted molar refractivity (Wildman–Crippen MR) is 164 cm³/mol. The first-order valence-electron chi connectivity index (χ1n) is 14.3. The third-order valence-electron chi connectivity index (χ3n) is 7.89. The molecule has 0 atom stereocenters. The van der Waals surface area contributed by atoms with Gasteiger partial charge in [-0.2, -0.15) is 18.2 Å². The van der Waals surface area contributed by atoms with Crippen LogP contribution in [0.4, 0.5) is 34.9 Å². The first-order chi connectivity index (χ1) is 21.0. The van der Waals surface area contributed by atoms with Gasteiger partial charge in [0, 0.05) is 59.1 Å². The van der Waals surface area contributed by atoms with E-state index in [2.05, 4.69) is 32.5 Å². The van der Waals surface area contributed by atoms with Crippen LogP contribution in [0, 0.1) is 5.82 Å². The van der Waals surface area contributed by atoms with Crippen molar-refractivity contribution in [3.63, 3.8) is 0 Å². The minimum Gasteiger partial charge on any atom is -0.382 e. The Hall–Kier alpha value is -4.71. The second kappa shape index (κ2) is 11.8. The summed E-state index contributed by atoms with van der Waals surface area (Å²) in [6.45, 7) is 0.479. The zero-order chi connectivity index (χ0) is 31.0. The van der Waals surface area contributed by atoms with Crippen LogP contribution in [0.2, 0.25) is 0 Å². The highest BCUT2D eigenvalue weighted by Gasteiger charge is 2.31. The summed E-state index contributed by atoms with van der Waals surface area (Å²) in [5.74, 6) is -0.707. The van der Waals surface area contributed by atoms with Gasteiger partial charge in [-0.15, -0.1) is 0 Å². The molecule has 0 spiro atoms. The number of rotatable bonds is 7. The van der Waals surface area contributed by atoms with Gasteiger partial charge in [0.2, 0.25) is 5.95 Å². The first kappa shape index (κ1) is 29.4. The van der Waals surface area contributed by atoms with Gasteiger partial charge in [-0.3, -0.25) is 9.36 Å². The van der Waals surface area contributed by atoms with Crippen LogP contribution in [0.1, 0.15) is 12.8 Å². The number of nitrogens with zero attached hydrogens (tertiary/aromatic N) is 5. The molecule has 6 rings (SSSR count). The van der Waals surface area contributed by atoms with Crippen molar-refractivity contribution in [2.45, 2.75) is 31.6 Å². The molecule has 44 heavy (non-hydrogen) atoms. The molecular formula is C32H31F4N7O. The molecule has 4 heterocycles. The van der Waals surface area contributed by atoms with Crippen molar-refractivity contribution >= 4 is 28.4 Å². The monoisotopic (exact) mass is 605 g/mol. The molecule has 2 aromatic carbocycles. The number of likely N-dealkylation sites (tertiary alicyclic amines) is 1. The molecule has 0 bridgehead atoms. The molecule has 0 unspecified atom stereocenters. The van der Waals surface area contributed by atoms with Crippen LogP contribution in [0.3, 0.4) is 0 Å². The summed E-state index contributed by atoms with van der Waals surface area (Å²) in [6, 6.07) is 17.1. The summed E-state index contributed by atoms with van der Waals surface area (Å²) in [5, 5.41) is 6.70. The molecule has 3 aromatic heterocycles. The van der Waals surface area contributed by atoms with E-state index in [9.17, 15) is 18.0 Å². The van der Waals surface area contributed by atoms with E-state index in [0.717, 1.165) is 37.3 Å². The molecule has 0 aliphatic carbocycles. The summed E-state index contributed by atoms with van der Waals surface area (Å²) in [4.78, 5) is 24.3. The van der Waals surface area contributed by atoms with Crippen LogP contribution in [0.25, 0.3) is 33.4 Å². The van der Waals surface area contributed by atoms with Crippen molar-refractivity contribution in [3.8, 4) is 22.4 Å². The number of pyridine rings is 1. The van der Waals surface area contributed by atoms with Crippen molar-refractivity contribution in [3.05, 3.63) is 89.2 Å². The average molecular weight is 606 g/mol. The molecule has 228 valence electrons. The van der Waals surface area contributed by atoms with Crippen LogP contribution in [0.5, 0.6) is 0 Å². The Kier molecular flexibility index (Phi) is 7.85. The second-order valence-corrected chi connectivity index (χ2v) is 11.2. The Labute approximate surface area is 251 Å². The summed E-state index contributed by atoms with van der Waals surface area (Å²) in [7, 11) is 3.92. The predicted octanol–water partition coefficient (Wildman–Crippen LogP) is 6.42. The minimum atomic E-state index is -4.72. The lowest BCUT2D eigenvalue weighted by molar-refractivity contribution is -0.140. The molecular weight excluding hydrogens is 574 g/mol. The van der Waals surface area contributed by atoms with Crippen LogP contribution in [-0.4, -0.2) is 56.4 Å². The highest BCUT2D eigenvalue weighted by Crippen LogP contribution is 2.29. The molecule has 1 fully saturated rings. The molecule has 2 N–H and O–H groups in total. The summed E-state index contributed by atoms with van der Waals surface area (Å²) in [6.07, 6.45) is 0.516. The van der Waals surface area contributed by atoms with Gasteiger partial charge < -0.3 is 20.1 Å². The Bertz CT molecular complexity index is 1860. The van der Waals surface area contributed by atoms with Gasteiger partial charge in [0.05, 0.1) is 5.56 Å². The number of hydrogen-bond donors (Lipinski definition) is 2. The summed E-state index contributed by atoms with van der Waals surface area (Å²) in [5.41, 5.74) is 1.36. The highest BCUT2D eigenvalue weighted by atomic mass is 19.4. The lowest BCUT2D eigenvalue weighted by Crippen LogP contribution is -2.36. The van der Waals surface area contributed by atoms with Crippen molar-refractivity contribution in [2.24, 2.45) is 7.05 Å². The largest absolute Gasteiger partial charge is 0.406 e. The molecule has 5 aromatic rings. The Morgan fingerprint density at radius 1 is 0.955 bits per heavy atom. The average Bonchev–Trinajstić information content (AvgIpc) is 3.42. The van der Waals surface area contributed by atoms with E-state index in [-0.39, 0.29) is 28.1 Å². The van der Waals surface area contributed by atoms with Crippen molar-refractivity contribution in [2.75, 3.05) is 30.8 Å². The topological polar surface area (TPSA) is 80.0 Å². The van der Waals surface area contributed by atoms with Crippen LogP contribution >= 0.6 is 0 Å². The molecule has 0 radical (unpaired) electrons. The fraction of sp³-hybridized carbons (Fsp3) is 0.281. The van der Waals surface area contributed by atoms with Crippen molar-refractivity contribution in [1.82, 2.24) is 24.0 Å². The van der Waals surface area contributed by atoms with Gasteiger partial charge in [0.15, 0.2) is 0 Å². The number of anilines is 3. The van der Waals surface area contributed by atoms with Gasteiger partial charge >= 0.3 is 6.18 Å². The molecule has 1 saturated heterocycles. The number of benzene rings is 2. The first-order valence-corrected chi connectivity index (χ1v) is 14.3. The minimum absolute atomic E-state index is 0.0229. The quantitative estimate of drug-likeness (QED) is 0.209. The van der Waals surface area contributed by atoms with Gasteiger partial charge in [-0.05, 0) is 81.5 Å². The number of fused-ring (bicyclic) bond motifs is 1. The number of hydrogen-bond acceptors (Lipinski definition) is 6. The molecule has 8 nitrogen and oxygen atoms in total. The number of piperidine rings is 1. The lowest BCUT2D eigenvalue weighted by Gasteiger charge is -2.30. The third kappa shape index (κ3) is 6.30. The van der Waals surface area contributed by atoms with Crippen LogP contribution < -0.4 is 16.2 Å². The smallest absolute Gasteiger partial charge is 0.382 e. The van der Waals surface area contributed by atoms with Crippen LogP contribution in [0.15, 0.2) is 77.9 Å². The summed E-state index contributed by atoms with van der Waals surface area (Å²) >= 11 is 0. The fourth-order valence-corrected chi connectivity index (χ4v) is 5.56. The van der Waals surface area contributed by atoms with Crippen molar-refractivity contribution < 1.29 is 17.6 Å². The van der Waals surface area contributed by atoms with E-state index in [1.54, 1.807) is 6.07 Å². The number of halogens is 4. The fourth-order valence-electron chi connectivity index (χ4n) is 5.56. The van der Waals surface area contributed by atoms with E-state index in [4.69, 9.17) is 0 Å². The normalized spacial score (nSPS) is 14.7. The van der Waals surface area contributed by atoms with Crippen molar-refractivity contribution in [1.29, 1.82) is 0 Å². The standard InChI is InChI=1S/C32H31F4N7O/c1-41-14-11-24(12-15-41)38-22-6-8-23(9-7-22)39-31-37-18-21-16-26(30(44)43(29(21)40-31)19-32(34,35)36)25-10-5-20(17-27(25)33)28-4-3-13-42(28)2/h3-10,13,16-18,24,38H,11-12,14-15,19H2,1-2H3,(H,37,39,40). The van der Waals surface area contributed by atoms with E-state index < -0.39 is 24.1 Å². The zero-order valence-corrected chi connectivity index (χ0v) is 24.2. The number of aryl methyl sites for hydroxylation is 1. The van der Waals surface area contributed by atoms with Gasteiger partial charge in [-0.1, -0.05) is 12.1 Å². The molecule has 0 amide bonds. The molecule has 1 aliphatic heterocycles. The van der Waals surface area contributed by atoms with E-state index >= 15 is 4.39 Å². The lowest BCUT2D eigenvalue weighted by atomic mass is 10.0. The highest BCUT2D eigenvalue weighted by molar-refractivity contribution is 5.82. The maximum atomic E-state index is 15.4. The van der Waals surface area contributed by atoms with Crippen LogP contribution in [-0.2, 0) is 13.6 Å². The number of aromatic nitrogens is 4. The second-order valence-electron chi connectivity index (χ2n) is 11.2. The Balaban J connectivity index is 1.30. The SMILES string of the molecule is CN1CCC(Nc2ccc(Nc3ncc4cc(-c5ccc(-c6cccn6C)cc5F)c(=O)n(CC(F)(F)F)c4n3)cc2)CC1. The zero-order valence-electron chi connectivity index (χ0n) is 24.2. The Morgan fingerprint density at radius 2 is 1.68 bits per heavy atom. The van der Waals surface area contributed by atoms with E-state index in [1.165, 1.54) is 24.4 Å². The van der Waals surface area contributed by atoms with E-state index in [0.29, 0.717) is 21.9 Å². The van der Waals surface area contributed by atoms with Gasteiger partial charge in [-0.25, -0.2) is 9.37 Å². The van der Waals surface area contributed by atoms with Gasteiger partial charge in [0.1, 0.15) is 18.0 Å². The maximum absolute atomic E-state index is 15.4. The molecule has 12 heteroatoms. The maximum Gasteiger partial charge on any atom is 0.406 e. The third-order valence-corrected chi connectivity index (χ3v) is 7.89. The number of nitrogens with one attached hydrogen (secondary N) is 2. The van der Waals surface area contributed by atoms with E-state index in [1.807, 2.05) is 54.2 Å². The number of alkyl halides is 3.